The van der Waals surface area contributed by atoms with Crippen LogP contribution in [0.4, 0.5) is 0 Å². The van der Waals surface area contributed by atoms with E-state index in [0.29, 0.717) is 6.54 Å². The summed E-state index contributed by atoms with van der Waals surface area (Å²) in [5, 5.41) is 10.4. The normalized spacial score (nSPS) is 13.9. The first-order valence-electron chi connectivity index (χ1n) is 6.72. The van der Waals surface area contributed by atoms with E-state index in [1.54, 1.807) is 17.6 Å². The number of thiophene rings is 1. The van der Waals surface area contributed by atoms with Crippen LogP contribution < -0.4 is 10.6 Å². The van der Waals surface area contributed by atoms with Crippen LogP contribution in [-0.4, -0.2) is 18.0 Å². The Morgan fingerprint density at radius 1 is 1.40 bits per heavy atom. The fourth-order valence-corrected chi connectivity index (χ4v) is 2.75. The molecule has 4 nitrogen and oxygen atoms in total. The molecule has 2 aromatic heterocycles. The number of carbonyl (C=O) groups excluding carboxylic acids is 1. The van der Waals surface area contributed by atoms with Crippen molar-refractivity contribution in [3.63, 3.8) is 0 Å². The average molecular weight is 292 g/mol. The van der Waals surface area contributed by atoms with Crippen molar-refractivity contribution in [2.45, 2.75) is 38.9 Å². The number of rotatable bonds is 7. The highest BCUT2D eigenvalue weighted by Crippen LogP contribution is 2.08. The summed E-state index contributed by atoms with van der Waals surface area (Å²) in [4.78, 5) is 12.0. The van der Waals surface area contributed by atoms with Crippen LogP contribution in [0.2, 0.25) is 0 Å². The van der Waals surface area contributed by atoms with E-state index in [1.165, 1.54) is 5.56 Å². The molecule has 2 N–H and O–H groups in total. The lowest BCUT2D eigenvalue weighted by molar-refractivity contribution is -0.123. The summed E-state index contributed by atoms with van der Waals surface area (Å²) in [5.74, 6) is 0.746. The predicted molar refractivity (Wildman–Crippen MR) is 80.6 cm³/mol. The van der Waals surface area contributed by atoms with Crippen LogP contribution in [0.1, 0.15) is 25.2 Å². The van der Waals surface area contributed by atoms with Crippen LogP contribution in [0.5, 0.6) is 0 Å². The van der Waals surface area contributed by atoms with Gasteiger partial charge in [-0.1, -0.05) is 0 Å². The van der Waals surface area contributed by atoms with Crippen molar-refractivity contribution in [3.8, 4) is 0 Å². The van der Waals surface area contributed by atoms with Gasteiger partial charge in [0.05, 0.1) is 18.8 Å². The Labute approximate surface area is 123 Å². The van der Waals surface area contributed by atoms with E-state index in [1.807, 2.05) is 19.1 Å². The van der Waals surface area contributed by atoms with Crippen molar-refractivity contribution < 1.29 is 9.21 Å². The third-order valence-electron chi connectivity index (χ3n) is 3.07. The monoisotopic (exact) mass is 292 g/mol. The third-order valence-corrected chi connectivity index (χ3v) is 3.80. The molecule has 108 valence electrons. The Hall–Kier alpha value is -1.59. The molecule has 0 saturated heterocycles. The molecule has 5 heteroatoms. The standard InChI is InChI=1S/C15H20N2O2S/c1-11(8-13-5-7-20-10-13)17-12(2)15(18)16-9-14-4-3-6-19-14/h3-7,10-12,17H,8-9H2,1-2H3,(H,16,18). The van der Waals surface area contributed by atoms with Gasteiger partial charge < -0.3 is 15.1 Å². The number of carbonyl (C=O) groups is 1. The van der Waals surface area contributed by atoms with Gasteiger partial charge in [-0.05, 0) is 54.8 Å². The fourth-order valence-electron chi connectivity index (χ4n) is 2.06. The molecule has 0 aliphatic carbocycles. The van der Waals surface area contributed by atoms with Crippen LogP contribution >= 0.6 is 11.3 Å². The Morgan fingerprint density at radius 3 is 2.90 bits per heavy atom. The zero-order valence-electron chi connectivity index (χ0n) is 11.8. The van der Waals surface area contributed by atoms with Crippen LogP contribution in [0, 0.1) is 0 Å². The number of nitrogens with one attached hydrogen (secondary N) is 2. The first-order chi connectivity index (χ1) is 9.65. The summed E-state index contributed by atoms with van der Waals surface area (Å²) in [6, 6.07) is 5.81. The van der Waals surface area contributed by atoms with E-state index >= 15 is 0 Å². The van der Waals surface area contributed by atoms with Gasteiger partial charge in [0.2, 0.25) is 5.91 Å². The lowest BCUT2D eigenvalue weighted by Crippen LogP contribution is -2.46. The van der Waals surface area contributed by atoms with E-state index in [9.17, 15) is 4.79 Å². The zero-order valence-corrected chi connectivity index (χ0v) is 12.6. The van der Waals surface area contributed by atoms with Crippen molar-refractivity contribution in [1.82, 2.24) is 10.6 Å². The van der Waals surface area contributed by atoms with Crippen molar-refractivity contribution in [3.05, 3.63) is 46.5 Å². The minimum atomic E-state index is -0.224. The second-order valence-corrected chi connectivity index (χ2v) is 5.70. The third kappa shape index (κ3) is 4.51. The topological polar surface area (TPSA) is 54.3 Å². The summed E-state index contributed by atoms with van der Waals surface area (Å²) in [6.07, 6.45) is 2.53. The van der Waals surface area contributed by atoms with E-state index in [2.05, 4.69) is 34.4 Å². The molecule has 0 bridgehead atoms. The molecule has 2 rings (SSSR count). The number of furan rings is 1. The van der Waals surface area contributed by atoms with E-state index < -0.39 is 0 Å². The van der Waals surface area contributed by atoms with Gasteiger partial charge in [0.1, 0.15) is 5.76 Å². The Morgan fingerprint density at radius 2 is 2.25 bits per heavy atom. The summed E-state index contributed by atoms with van der Waals surface area (Å²) in [7, 11) is 0. The summed E-state index contributed by atoms with van der Waals surface area (Å²) < 4.78 is 5.18. The van der Waals surface area contributed by atoms with E-state index in [-0.39, 0.29) is 18.0 Å². The molecule has 0 fully saturated rings. The highest BCUT2D eigenvalue weighted by molar-refractivity contribution is 7.07. The van der Waals surface area contributed by atoms with E-state index in [0.717, 1.165) is 12.2 Å². The van der Waals surface area contributed by atoms with Crippen molar-refractivity contribution in [2.24, 2.45) is 0 Å². The SMILES string of the molecule is CC(Cc1ccsc1)NC(C)C(=O)NCc1ccco1. The van der Waals surface area contributed by atoms with Gasteiger partial charge >= 0.3 is 0 Å². The van der Waals surface area contributed by atoms with E-state index in [4.69, 9.17) is 4.42 Å². The second kappa shape index (κ2) is 7.26. The van der Waals surface area contributed by atoms with Crippen molar-refractivity contribution in [2.75, 3.05) is 0 Å². The maximum absolute atomic E-state index is 12.0. The Kier molecular flexibility index (Phi) is 5.38. The van der Waals surface area contributed by atoms with Crippen LogP contribution in [-0.2, 0) is 17.8 Å². The summed E-state index contributed by atoms with van der Waals surface area (Å²) in [6.45, 7) is 4.40. The molecule has 0 spiro atoms. The minimum absolute atomic E-state index is 0.0152. The molecule has 0 saturated carbocycles. The molecule has 1 amide bonds. The van der Waals surface area contributed by atoms with Gasteiger partial charge in [-0.2, -0.15) is 11.3 Å². The van der Waals surface area contributed by atoms with Gasteiger partial charge in [-0.25, -0.2) is 0 Å². The average Bonchev–Trinajstić information content (AvgIpc) is 3.08. The lowest BCUT2D eigenvalue weighted by Gasteiger charge is -2.19. The lowest BCUT2D eigenvalue weighted by atomic mass is 10.1. The predicted octanol–water partition coefficient (Wildman–Crippen LogP) is 2.57. The maximum Gasteiger partial charge on any atom is 0.237 e. The highest BCUT2D eigenvalue weighted by atomic mass is 32.1. The fraction of sp³-hybridized carbons (Fsp3) is 0.400. The molecule has 2 heterocycles. The molecule has 2 atom stereocenters. The molecule has 0 radical (unpaired) electrons. The number of amides is 1. The van der Waals surface area contributed by atoms with Crippen molar-refractivity contribution in [1.29, 1.82) is 0 Å². The van der Waals surface area contributed by atoms with Gasteiger partial charge in [-0.15, -0.1) is 0 Å². The molecule has 0 aliphatic rings. The molecule has 2 aromatic rings. The van der Waals surface area contributed by atoms with Crippen LogP contribution in [0.15, 0.2) is 39.6 Å². The van der Waals surface area contributed by atoms with Crippen molar-refractivity contribution >= 4 is 17.2 Å². The smallest absolute Gasteiger partial charge is 0.237 e. The Bertz CT molecular complexity index is 508. The Balaban J connectivity index is 1.72. The maximum atomic E-state index is 12.0. The quantitative estimate of drug-likeness (QED) is 0.824. The molecular formula is C15H20N2O2S. The molecule has 0 aromatic carbocycles. The second-order valence-electron chi connectivity index (χ2n) is 4.92. The number of hydrogen-bond acceptors (Lipinski definition) is 4. The number of hydrogen-bond donors (Lipinski definition) is 2. The molecule has 0 aliphatic heterocycles. The van der Waals surface area contributed by atoms with Crippen LogP contribution in [0.25, 0.3) is 0 Å². The molecular weight excluding hydrogens is 272 g/mol. The molecule has 20 heavy (non-hydrogen) atoms. The molecule has 2 unspecified atom stereocenters. The first-order valence-corrected chi connectivity index (χ1v) is 7.66. The summed E-state index contributed by atoms with van der Waals surface area (Å²) >= 11 is 1.70. The van der Waals surface area contributed by atoms with Gasteiger partial charge in [-0.3, -0.25) is 4.79 Å². The van der Waals surface area contributed by atoms with Gasteiger partial charge in [0.15, 0.2) is 0 Å². The first kappa shape index (κ1) is 14.8. The van der Waals surface area contributed by atoms with Crippen LogP contribution in [0.3, 0.4) is 0 Å². The largest absolute Gasteiger partial charge is 0.467 e. The summed E-state index contributed by atoms with van der Waals surface area (Å²) in [5.41, 5.74) is 1.30. The minimum Gasteiger partial charge on any atom is -0.467 e. The van der Waals surface area contributed by atoms with Gasteiger partial charge in [0.25, 0.3) is 0 Å². The highest BCUT2D eigenvalue weighted by Gasteiger charge is 2.15. The zero-order chi connectivity index (χ0) is 14.4. The van der Waals surface area contributed by atoms with Gasteiger partial charge in [0, 0.05) is 6.04 Å².